The molecule has 1 saturated heterocycles. The van der Waals surface area contributed by atoms with Gasteiger partial charge in [0.05, 0.1) is 32.8 Å². The van der Waals surface area contributed by atoms with E-state index in [1.807, 2.05) is 28.3 Å². The molecule has 0 bridgehead atoms. The lowest BCUT2D eigenvalue weighted by Crippen LogP contribution is -3.13. The number of quaternary nitrogens is 1. The highest BCUT2D eigenvalue weighted by atomic mass is 32.1. The number of carbonyl (C=O) groups is 1. The summed E-state index contributed by atoms with van der Waals surface area (Å²) in [4.78, 5) is 17.5. The van der Waals surface area contributed by atoms with Crippen molar-refractivity contribution >= 4 is 18.2 Å². The van der Waals surface area contributed by atoms with Crippen LogP contribution < -0.4 is 4.90 Å². The zero-order chi connectivity index (χ0) is 19.9. The van der Waals surface area contributed by atoms with Gasteiger partial charge in [-0.2, -0.15) is 4.68 Å². The molecule has 28 heavy (non-hydrogen) atoms. The predicted molar refractivity (Wildman–Crippen MR) is 106 cm³/mol. The van der Waals surface area contributed by atoms with Gasteiger partial charge in [-0.25, -0.2) is 0 Å². The number of rotatable bonds is 8. The largest absolute Gasteiger partial charge is 0.466 e. The topological polar surface area (TPSA) is 75.6 Å². The molecule has 0 aromatic carbocycles. The maximum Gasteiger partial charge on any atom is 0.314 e. The van der Waals surface area contributed by atoms with E-state index in [0.717, 1.165) is 37.3 Å². The fraction of sp³-hybridized carbons (Fsp3) is 0.579. The van der Waals surface area contributed by atoms with Crippen LogP contribution in [0.1, 0.15) is 19.8 Å². The third-order valence-electron chi connectivity index (χ3n) is 4.99. The Morgan fingerprint density at radius 1 is 1.39 bits per heavy atom. The molecule has 1 fully saturated rings. The maximum absolute atomic E-state index is 12.1. The monoisotopic (exact) mass is 406 g/mol. The third kappa shape index (κ3) is 4.84. The minimum absolute atomic E-state index is 0.0480. The number of nitrogens with zero attached hydrogens (tertiary/aromatic N) is 4. The first-order valence-electron chi connectivity index (χ1n) is 9.71. The van der Waals surface area contributed by atoms with Gasteiger partial charge in [-0.05, 0) is 44.1 Å². The van der Waals surface area contributed by atoms with Crippen LogP contribution in [0.3, 0.4) is 0 Å². The van der Waals surface area contributed by atoms with Gasteiger partial charge < -0.3 is 14.4 Å². The summed E-state index contributed by atoms with van der Waals surface area (Å²) in [5.41, 5.74) is 0.967. The Morgan fingerprint density at radius 2 is 2.18 bits per heavy atom. The first kappa shape index (κ1) is 20.6. The fourth-order valence-electron chi connectivity index (χ4n) is 3.61. The van der Waals surface area contributed by atoms with Crippen molar-refractivity contribution in [2.24, 2.45) is 5.92 Å². The molecule has 0 radical (unpaired) electrons. The summed E-state index contributed by atoms with van der Waals surface area (Å²) in [5, 5.41) is 4.79. The number of likely N-dealkylation sites (tertiary alicyclic amines) is 1. The summed E-state index contributed by atoms with van der Waals surface area (Å²) < 4.78 is 15.0. The van der Waals surface area contributed by atoms with Crippen LogP contribution in [-0.4, -0.2) is 58.7 Å². The van der Waals surface area contributed by atoms with Gasteiger partial charge in [-0.1, -0.05) is 0 Å². The van der Waals surface area contributed by atoms with Crippen LogP contribution in [0, 0.1) is 10.7 Å². The lowest BCUT2D eigenvalue weighted by molar-refractivity contribution is -0.930. The molecule has 9 heteroatoms. The molecule has 1 aliphatic rings. The first-order chi connectivity index (χ1) is 13.6. The molecule has 3 rings (SSSR count). The minimum Gasteiger partial charge on any atom is -0.466 e. The second-order valence-corrected chi connectivity index (χ2v) is 7.30. The van der Waals surface area contributed by atoms with Gasteiger partial charge in [0.25, 0.3) is 0 Å². The van der Waals surface area contributed by atoms with E-state index in [4.69, 9.17) is 26.8 Å². The Labute approximate surface area is 170 Å². The Bertz CT molecular complexity index is 836. The summed E-state index contributed by atoms with van der Waals surface area (Å²) >= 11 is 5.70. The van der Waals surface area contributed by atoms with Gasteiger partial charge >= 0.3 is 5.97 Å². The highest BCUT2D eigenvalue weighted by molar-refractivity contribution is 7.71. The molecule has 1 unspecified atom stereocenters. The average molecular weight is 407 g/mol. The number of methoxy groups -OCH3 is 1. The van der Waals surface area contributed by atoms with E-state index in [1.54, 1.807) is 19.5 Å². The number of piperidine rings is 1. The quantitative estimate of drug-likeness (QED) is 0.519. The van der Waals surface area contributed by atoms with E-state index in [0.29, 0.717) is 31.2 Å². The van der Waals surface area contributed by atoms with Crippen molar-refractivity contribution in [3.8, 4) is 11.4 Å². The average Bonchev–Trinajstić information content (AvgIpc) is 3.03. The van der Waals surface area contributed by atoms with Crippen molar-refractivity contribution in [2.45, 2.75) is 33.0 Å². The first-order valence-corrected chi connectivity index (χ1v) is 10.1. The molecular weight excluding hydrogens is 378 g/mol. The van der Waals surface area contributed by atoms with E-state index in [2.05, 4.69) is 4.98 Å². The number of pyridine rings is 1. The highest BCUT2D eigenvalue weighted by Gasteiger charge is 2.30. The Kier molecular flexibility index (Phi) is 7.30. The molecule has 0 saturated carbocycles. The van der Waals surface area contributed by atoms with E-state index in [9.17, 15) is 4.79 Å². The molecule has 1 N–H and O–H groups in total. The molecule has 8 nitrogen and oxygen atoms in total. The van der Waals surface area contributed by atoms with E-state index >= 15 is 0 Å². The lowest BCUT2D eigenvalue weighted by Gasteiger charge is -2.28. The molecule has 0 aliphatic carbocycles. The van der Waals surface area contributed by atoms with Gasteiger partial charge in [0.1, 0.15) is 5.92 Å². The Morgan fingerprint density at radius 3 is 2.89 bits per heavy atom. The molecule has 1 aliphatic heterocycles. The van der Waals surface area contributed by atoms with Crippen molar-refractivity contribution in [3.05, 3.63) is 29.3 Å². The number of hydrogen-bond acceptors (Lipinski definition) is 6. The molecule has 152 valence electrons. The SMILES string of the molecule is CCOC(=O)[C@@H]1CCC[NH+](Cn2nc(-c3ccncc3)n(CCOC)c2=S)C1. The third-order valence-corrected chi connectivity index (χ3v) is 5.42. The van der Waals surface area contributed by atoms with Crippen LogP contribution in [0.5, 0.6) is 0 Å². The van der Waals surface area contributed by atoms with E-state index in [-0.39, 0.29) is 11.9 Å². The van der Waals surface area contributed by atoms with Crippen molar-refractivity contribution in [1.82, 2.24) is 19.3 Å². The molecule has 2 aromatic rings. The van der Waals surface area contributed by atoms with Crippen molar-refractivity contribution in [3.63, 3.8) is 0 Å². The number of aromatic nitrogens is 4. The van der Waals surface area contributed by atoms with Gasteiger partial charge in [0, 0.05) is 25.1 Å². The van der Waals surface area contributed by atoms with Gasteiger partial charge in [-0.3, -0.25) is 14.3 Å². The van der Waals surface area contributed by atoms with Crippen molar-refractivity contribution < 1.29 is 19.2 Å². The second-order valence-electron chi connectivity index (χ2n) is 6.94. The normalized spacial score (nSPS) is 19.5. The fourth-order valence-corrected chi connectivity index (χ4v) is 3.89. The maximum atomic E-state index is 12.1. The number of carbonyl (C=O) groups excluding carboxylic acids is 1. The minimum atomic E-state index is -0.0913. The Hall–Kier alpha value is -2.10. The summed E-state index contributed by atoms with van der Waals surface area (Å²) in [5.74, 6) is 0.669. The zero-order valence-electron chi connectivity index (χ0n) is 16.5. The van der Waals surface area contributed by atoms with E-state index in [1.165, 1.54) is 4.90 Å². The van der Waals surface area contributed by atoms with Crippen LogP contribution in [0.2, 0.25) is 0 Å². The van der Waals surface area contributed by atoms with Crippen LogP contribution in [-0.2, 0) is 27.5 Å². The van der Waals surface area contributed by atoms with Gasteiger partial charge in [0.2, 0.25) is 4.77 Å². The summed E-state index contributed by atoms with van der Waals surface area (Å²) in [6, 6.07) is 3.85. The van der Waals surface area contributed by atoms with Crippen LogP contribution in [0.25, 0.3) is 11.4 Å². The van der Waals surface area contributed by atoms with Crippen molar-refractivity contribution in [1.29, 1.82) is 0 Å². The van der Waals surface area contributed by atoms with Crippen LogP contribution >= 0.6 is 12.2 Å². The highest BCUT2D eigenvalue weighted by Crippen LogP contribution is 2.17. The van der Waals surface area contributed by atoms with Gasteiger partial charge in [0.15, 0.2) is 12.5 Å². The van der Waals surface area contributed by atoms with Gasteiger partial charge in [-0.15, -0.1) is 5.10 Å². The molecule has 2 aromatic heterocycles. The summed E-state index contributed by atoms with van der Waals surface area (Å²) in [6.45, 7) is 5.83. The lowest BCUT2D eigenvalue weighted by atomic mass is 9.99. The molecule has 0 amide bonds. The molecule has 3 heterocycles. The predicted octanol–water partition coefficient (Wildman–Crippen LogP) is 0.938. The number of nitrogens with one attached hydrogen (secondary N) is 1. The molecule has 2 atom stereocenters. The standard InChI is InChI=1S/C19H27N5O3S/c1-3-27-18(25)16-5-4-10-22(13-16)14-24-19(28)23(11-12-26-2)17(21-24)15-6-8-20-9-7-15/h6-9,16H,3-5,10-14H2,1-2H3/p+1/t16-/m1/s1. The second kappa shape index (κ2) is 9.90. The van der Waals surface area contributed by atoms with Crippen LogP contribution in [0.15, 0.2) is 24.5 Å². The molecule has 0 spiro atoms. The Balaban J connectivity index is 1.81. The van der Waals surface area contributed by atoms with Crippen LogP contribution in [0.4, 0.5) is 0 Å². The number of esters is 1. The van der Waals surface area contributed by atoms with Crippen molar-refractivity contribution in [2.75, 3.05) is 33.4 Å². The smallest absolute Gasteiger partial charge is 0.314 e. The number of hydrogen-bond donors (Lipinski definition) is 1. The zero-order valence-corrected chi connectivity index (χ0v) is 17.3. The summed E-state index contributed by atoms with van der Waals surface area (Å²) in [7, 11) is 1.67. The number of ether oxygens (including phenoxy) is 2. The summed E-state index contributed by atoms with van der Waals surface area (Å²) in [6.07, 6.45) is 5.38. The molecular formula is C19H28N5O3S+. The van der Waals surface area contributed by atoms with E-state index < -0.39 is 0 Å².